The predicted molar refractivity (Wildman–Crippen MR) is 60.4 cm³/mol. The Morgan fingerprint density at radius 2 is 2.13 bits per heavy atom. The molecule has 0 amide bonds. The van der Waals surface area contributed by atoms with Crippen molar-refractivity contribution in [3.8, 4) is 6.07 Å². The van der Waals surface area contributed by atoms with Crippen molar-refractivity contribution < 1.29 is 0 Å². The summed E-state index contributed by atoms with van der Waals surface area (Å²) in [5.41, 5.74) is -0.194. The van der Waals surface area contributed by atoms with Gasteiger partial charge in [0.1, 0.15) is 0 Å². The first-order valence-electron chi connectivity index (χ1n) is 5.98. The molecule has 0 spiro atoms. The minimum absolute atomic E-state index is 0.194. The lowest BCUT2D eigenvalue weighted by atomic mass is 9.94. The largest absolute Gasteiger partial charge is 0.299 e. The topological polar surface area (TPSA) is 30.3 Å². The highest BCUT2D eigenvalue weighted by Crippen LogP contribution is 2.24. The van der Waals surface area contributed by atoms with E-state index >= 15 is 0 Å². The SMILES string of the molecule is CC(C)(C#N)CN1CCN2CCCC2C1. The van der Waals surface area contributed by atoms with E-state index in [1.54, 1.807) is 0 Å². The van der Waals surface area contributed by atoms with Crippen LogP contribution >= 0.6 is 0 Å². The number of fused-ring (bicyclic) bond motifs is 1. The van der Waals surface area contributed by atoms with Crippen molar-refractivity contribution in [1.82, 2.24) is 9.80 Å². The molecule has 2 fully saturated rings. The minimum Gasteiger partial charge on any atom is -0.299 e. The Bertz CT molecular complexity index is 267. The van der Waals surface area contributed by atoms with Crippen LogP contribution in [0.4, 0.5) is 0 Å². The van der Waals surface area contributed by atoms with Crippen molar-refractivity contribution in [2.45, 2.75) is 32.7 Å². The van der Waals surface area contributed by atoms with E-state index in [1.807, 2.05) is 13.8 Å². The Labute approximate surface area is 92.7 Å². The highest BCUT2D eigenvalue weighted by molar-refractivity contribution is 4.96. The summed E-state index contributed by atoms with van der Waals surface area (Å²) in [6.07, 6.45) is 2.71. The van der Waals surface area contributed by atoms with Crippen molar-refractivity contribution in [1.29, 1.82) is 5.26 Å². The van der Waals surface area contributed by atoms with Crippen LogP contribution in [-0.2, 0) is 0 Å². The number of hydrogen-bond donors (Lipinski definition) is 0. The summed E-state index contributed by atoms with van der Waals surface area (Å²) >= 11 is 0. The summed E-state index contributed by atoms with van der Waals surface area (Å²) in [4.78, 5) is 5.07. The maximum absolute atomic E-state index is 9.03. The van der Waals surface area contributed by atoms with Gasteiger partial charge in [-0.05, 0) is 33.2 Å². The highest BCUT2D eigenvalue weighted by Gasteiger charge is 2.32. The summed E-state index contributed by atoms with van der Waals surface area (Å²) in [6, 6.07) is 3.16. The number of nitriles is 1. The monoisotopic (exact) mass is 207 g/mol. The van der Waals surface area contributed by atoms with Crippen LogP contribution < -0.4 is 0 Å². The molecule has 1 unspecified atom stereocenters. The molecule has 1 atom stereocenters. The number of nitrogens with zero attached hydrogens (tertiary/aromatic N) is 3. The minimum atomic E-state index is -0.194. The fourth-order valence-electron chi connectivity index (χ4n) is 2.79. The summed E-state index contributed by atoms with van der Waals surface area (Å²) < 4.78 is 0. The van der Waals surface area contributed by atoms with Crippen molar-refractivity contribution in [2.24, 2.45) is 5.41 Å². The van der Waals surface area contributed by atoms with Gasteiger partial charge < -0.3 is 0 Å². The van der Waals surface area contributed by atoms with Crippen molar-refractivity contribution >= 4 is 0 Å². The molecule has 3 heteroatoms. The van der Waals surface area contributed by atoms with Gasteiger partial charge in [0.15, 0.2) is 0 Å². The quantitative estimate of drug-likeness (QED) is 0.684. The van der Waals surface area contributed by atoms with Crippen molar-refractivity contribution in [2.75, 3.05) is 32.7 Å². The van der Waals surface area contributed by atoms with E-state index in [-0.39, 0.29) is 5.41 Å². The predicted octanol–water partition coefficient (Wildman–Crippen LogP) is 1.32. The van der Waals surface area contributed by atoms with E-state index in [4.69, 9.17) is 5.26 Å². The summed E-state index contributed by atoms with van der Waals surface area (Å²) in [5.74, 6) is 0. The van der Waals surface area contributed by atoms with Gasteiger partial charge in [-0.15, -0.1) is 0 Å². The first-order chi connectivity index (χ1) is 7.11. The first kappa shape index (κ1) is 10.9. The van der Waals surface area contributed by atoms with Crippen LogP contribution in [0.5, 0.6) is 0 Å². The van der Waals surface area contributed by atoms with Crippen LogP contribution in [-0.4, -0.2) is 48.6 Å². The van der Waals surface area contributed by atoms with Crippen LogP contribution in [0.3, 0.4) is 0 Å². The molecule has 0 bridgehead atoms. The molecule has 2 heterocycles. The van der Waals surface area contributed by atoms with Gasteiger partial charge in [0.25, 0.3) is 0 Å². The molecule has 2 saturated heterocycles. The maximum Gasteiger partial charge on any atom is 0.0697 e. The average molecular weight is 207 g/mol. The van der Waals surface area contributed by atoms with Crippen LogP contribution in [0.1, 0.15) is 26.7 Å². The molecule has 2 aliphatic rings. The van der Waals surface area contributed by atoms with Gasteiger partial charge in [-0.25, -0.2) is 0 Å². The van der Waals surface area contributed by atoms with Crippen LogP contribution in [0.25, 0.3) is 0 Å². The van der Waals surface area contributed by atoms with Crippen molar-refractivity contribution in [3.05, 3.63) is 0 Å². The average Bonchev–Trinajstić information content (AvgIpc) is 2.64. The highest BCUT2D eigenvalue weighted by atomic mass is 15.3. The molecule has 0 aromatic rings. The first-order valence-corrected chi connectivity index (χ1v) is 5.98. The van der Waals surface area contributed by atoms with E-state index in [9.17, 15) is 0 Å². The van der Waals surface area contributed by atoms with Crippen LogP contribution in [0, 0.1) is 16.7 Å². The third kappa shape index (κ3) is 2.50. The molecule has 0 saturated carbocycles. The fourth-order valence-corrected chi connectivity index (χ4v) is 2.79. The summed E-state index contributed by atoms with van der Waals surface area (Å²) in [5, 5.41) is 9.03. The molecule has 0 aromatic carbocycles. The molecule has 84 valence electrons. The molecule has 0 aromatic heterocycles. The number of piperazine rings is 1. The Kier molecular flexibility index (Phi) is 2.99. The zero-order valence-electron chi connectivity index (χ0n) is 9.87. The summed E-state index contributed by atoms with van der Waals surface area (Å²) in [6.45, 7) is 9.80. The van der Waals surface area contributed by atoms with Gasteiger partial charge in [0.2, 0.25) is 0 Å². The third-order valence-electron chi connectivity index (χ3n) is 3.59. The lowest BCUT2D eigenvalue weighted by Crippen LogP contribution is -2.52. The fraction of sp³-hybridized carbons (Fsp3) is 0.917. The maximum atomic E-state index is 9.03. The van der Waals surface area contributed by atoms with Gasteiger partial charge in [0, 0.05) is 32.2 Å². The Morgan fingerprint density at radius 3 is 2.87 bits per heavy atom. The number of hydrogen-bond acceptors (Lipinski definition) is 3. The third-order valence-corrected chi connectivity index (χ3v) is 3.59. The molecule has 2 rings (SSSR count). The lowest BCUT2D eigenvalue weighted by molar-refractivity contribution is 0.0861. The second-order valence-corrected chi connectivity index (χ2v) is 5.56. The Hall–Kier alpha value is -0.590. The van der Waals surface area contributed by atoms with Gasteiger partial charge in [-0.3, -0.25) is 9.80 Å². The molecule has 15 heavy (non-hydrogen) atoms. The Morgan fingerprint density at radius 1 is 1.33 bits per heavy atom. The van der Waals surface area contributed by atoms with Gasteiger partial charge >= 0.3 is 0 Å². The molecule has 3 nitrogen and oxygen atoms in total. The van der Waals surface area contributed by atoms with E-state index in [0.717, 1.165) is 19.1 Å². The molecule has 2 aliphatic heterocycles. The molecule has 0 aliphatic carbocycles. The van der Waals surface area contributed by atoms with Crippen LogP contribution in [0.15, 0.2) is 0 Å². The zero-order valence-corrected chi connectivity index (χ0v) is 9.87. The smallest absolute Gasteiger partial charge is 0.0697 e. The molecule has 0 radical (unpaired) electrons. The zero-order chi connectivity index (χ0) is 10.9. The van der Waals surface area contributed by atoms with E-state index in [0.29, 0.717) is 0 Å². The second-order valence-electron chi connectivity index (χ2n) is 5.56. The van der Waals surface area contributed by atoms with E-state index < -0.39 is 0 Å². The van der Waals surface area contributed by atoms with Crippen LogP contribution in [0.2, 0.25) is 0 Å². The van der Waals surface area contributed by atoms with Gasteiger partial charge in [0.05, 0.1) is 11.5 Å². The second kappa shape index (κ2) is 4.11. The van der Waals surface area contributed by atoms with Gasteiger partial charge in [-0.1, -0.05) is 0 Å². The van der Waals surface area contributed by atoms with E-state index in [2.05, 4.69) is 15.9 Å². The standard InChI is InChI=1S/C12H21N3/c1-12(2,9-13)10-14-6-7-15-5-3-4-11(15)8-14/h11H,3-8,10H2,1-2H3. The summed E-state index contributed by atoms with van der Waals surface area (Å²) in [7, 11) is 0. The molecule has 0 N–H and O–H groups in total. The lowest BCUT2D eigenvalue weighted by Gasteiger charge is -2.39. The number of rotatable bonds is 2. The Balaban J connectivity index is 1.88. The molecular formula is C12H21N3. The molecular weight excluding hydrogens is 186 g/mol. The van der Waals surface area contributed by atoms with Gasteiger partial charge in [-0.2, -0.15) is 5.26 Å². The van der Waals surface area contributed by atoms with Crippen molar-refractivity contribution in [3.63, 3.8) is 0 Å². The normalized spacial score (nSPS) is 28.7. The van der Waals surface area contributed by atoms with E-state index in [1.165, 1.54) is 32.5 Å².